The van der Waals surface area contributed by atoms with E-state index in [9.17, 15) is 0 Å². The Morgan fingerprint density at radius 1 is 1.27 bits per heavy atom. The van der Waals surface area contributed by atoms with Crippen molar-refractivity contribution >= 4 is 0 Å². The number of nitrogens with one attached hydrogen (secondary N) is 1. The van der Waals surface area contributed by atoms with Gasteiger partial charge in [0, 0.05) is 18.6 Å². The van der Waals surface area contributed by atoms with Gasteiger partial charge < -0.3 is 5.32 Å². The largest absolute Gasteiger partial charge is 0.315 e. The Balaban J connectivity index is 2.04. The first-order valence-corrected chi connectivity index (χ1v) is 6.54. The van der Waals surface area contributed by atoms with Crippen LogP contribution in [-0.4, -0.2) is 37.1 Å². The molecule has 0 aromatic heterocycles. The van der Waals surface area contributed by atoms with Gasteiger partial charge in [-0.1, -0.05) is 20.3 Å². The van der Waals surface area contributed by atoms with Crippen molar-refractivity contribution in [1.29, 1.82) is 0 Å². The lowest BCUT2D eigenvalue weighted by molar-refractivity contribution is 0.117. The second-order valence-electron chi connectivity index (χ2n) is 5.49. The van der Waals surface area contributed by atoms with Gasteiger partial charge in [0.1, 0.15) is 0 Å². The topological polar surface area (TPSA) is 15.3 Å². The number of likely N-dealkylation sites (N-methyl/N-ethyl adjacent to an activating group) is 1. The third-order valence-electron chi connectivity index (χ3n) is 3.68. The molecule has 0 spiro atoms. The molecule has 1 atom stereocenters. The summed E-state index contributed by atoms with van der Waals surface area (Å²) in [7, 11) is 2.28. The van der Waals surface area contributed by atoms with Crippen molar-refractivity contribution in [2.75, 3.05) is 20.1 Å². The van der Waals surface area contributed by atoms with Crippen LogP contribution in [0.1, 0.15) is 46.5 Å². The smallest absolute Gasteiger partial charge is 0.0192 e. The van der Waals surface area contributed by atoms with E-state index in [0.717, 1.165) is 18.5 Å². The highest BCUT2D eigenvalue weighted by molar-refractivity contribution is 4.81. The fourth-order valence-electron chi connectivity index (χ4n) is 2.00. The highest BCUT2D eigenvalue weighted by Gasteiger charge is 2.24. The molecule has 0 aromatic rings. The molecular weight excluding hydrogens is 184 g/mol. The Labute approximate surface area is 95.4 Å². The average molecular weight is 212 g/mol. The SMILES string of the molecule is CC(C)CCNCC(C)N(C)C1CCC1. The van der Waals surface area contributed by atoms with Crippen LogP contribution >= 0.6 is 0 Å². The van der Waals surface area contributed by atoms with Gasteiger partial charge >= 0.3 is 0 Å². The van der Waals surface area contributed by atoms with Crippen LogP contribution < -0.4 is 5.32 Å². The van der Waals surface area contributed by atoms with Crippen LogP contribution in [0.3, 0.4) is 0 Å². The molecule has 1 rings (SSSR count). The summed E-state index contributed by atoms with van der Waals surface area (Å²) in [6, 6.07) is 1.55. The standard InChI is InChI=1S/C13H28N2/c1-11(2)8-9-14-10-12(3)15(4)13-6-5-7-13/h11-14H,5-10H2,1-4H3. The Hall–Kier alpha value is -0.0800. The van der Waals surface area contributed by atoms with Gasteiger partial charge in [-0.25, -0.2) is 0 Å². The molecule has 1 aliphatic carbocycles. The first-order chi connectivity index (χ1) is 7.11. The van der Waals surface area contributed by atoms with Crippen LogP contribution in [-0.2, 0) is 0 Å². The van der Waals surface area contributed by atoms with E-state index in [0.29, 0.717) is 6.04 Å². The van der Waals surface area contributed by atoms with E-state index < -0.39 is 0 Å². The molecular formula is C13H28N2. The van der Waals surface area contributed by atoms with Crippen molar-refractivity contribution in [2.45, 2.75) is 58.5 Å². The molecule has 1 N–H and O–H groups in total. The van der Waals surface area contributed by atoms with Gasteiger partial charge in [0.25, 0.3) is 0 Å². The first-order valence-electron chi connectivity index (χ1n) is 6.54. The second-order valence-corrected chi connectivity index (χ2v) is 5.49. The highest BCUT2D eigenvalue weighted by Crippen LogP contribution is 2.24. The molecule has 0 amide bonds. The first kappa shape index (κ1) is 13.0. The summed E-state index contributed by atoms with van der Waals surface area (Å²) in [5.74, 6) is 0.817. The summed E-state index contributed by atoms with van der Waals surface area (Å²) in [6.45, 7) is 9.21. The maximum absolute atomic E-state index is 3.56. The summed E-state index contributed by atoms with van der Waals surface area (Å²) in [6.07, 6.45) is 5.54. The Morgan fingerprint density at radius 3 is 2.40 bits per heavy atom. The maximum atomic E-state index is 3.56. The maximum Gasteiger partial charge on any atom is 0.0192 e. The highest BCUT2D eigenvalue weighted by atomic mass is 15.2. The summed E-state index contributed by atoms with van der Waals surface area (Å²) < 4.78 is 0. The average Bonchev–Trinajstić information content (AvgIpc) is 2.08. The lowest BCUT2D eigenvalue weighted by atomic mass is 9.91. The zero-order valence-electron chi connectivity index (χ0n) is 10.9. The molecule has 0 heterocycles. The summed E-state index contributed by atoms with van der Waals surface area (Å²) in [4.78, 5) is 2.55. The third kappa shape index (κ3) is 4.52. The molecule has 0 radical (unpaired) electrons. The van der Waals surface area contributed by atoms with Gasteiger partial charge in [0.05, 0.1) is 0 Å². The lowest BCUT2D eigenvalue weighted by Gasteiger charge is -2.38. The van der Waals surface area contributed by atoms with Crippen LogP contribution in [0.4, 0.5) is 0 Å². The normalized spacial score (nSPS) is 19.6. The van der Waals surface area contributed by atoms with Crippen LogP contribution in [0, 0.1) is 5.92 Å². The van der Waals surface area contributed by atoms with Gasteiger partial charge in [-0.15, -0.1) is 0 Å². The Morgan fingerprint density at radius 2 is 1.93 bits per heavy atom. The van der Waals surface area contributed by atoms with Crippen molar-refractivity contribution in [3.05, 3.63) is 0 Å². The van der Waals surface area contributed by atoms with Crippen molar-refractivity contribution in [3.8, 4) is 0 Å². The van der Waals surface area contributed by atoms with E-state index in [1.165, 1.54) is 32.2 Å². The van der Waals surface area contributed by atoms with E-state index in [2.05, 4.69) is 38.0 Å². The minimum atomic E-state index is 0.683. The van der Waals surface area contributed by atoms with Crippen LogP contribution in [0.2, 0.25) is 0 Å². The molecule has 1 aliphatic rings. The van der Waals surface area contributed by atoms with Crippen molar-refractivity contribution in [1.82, 2.24) is 10.2 Å². The van der Waals surface area contributed by atoms with Gasteiger partial charge in [0.2, 0.25) is 0 Å². The van der Waals surface area contributed by atoms with E-state index in [-0.39, 0.29) is 0 Å². The Bertz CT molecular complexity index is 164. The van der Waals surface area contributed by atoms with Crippen molar-refractivity contribution in [2.24, 2.45) is 5.92 Å². The van der Waals surface area contributed by atoms with Crippen LogP contribution in [0.15, 0.2) is 0 Å². The van der Waals surface area contributed by atoms with Crippen LogP contribution in [0.25, 0.3) is 0 Å². The molecule has 1 fully saturated rings. The van der Waals surface area contributed by atoms with Gasteiger partial charge in [-0.3, -0.25) is 4.90 Å². The molecule has 0 bridgehead atoms. The predicted octanol–water partition coefficient (Wildman–Crippen LogP) is 2.49. The molecule has 2 nitrogen and oxygen atoms in total. The Kier molecular flexibility index (Phi) is 5.62. The molecule has 2 heteroatoms. The molecule has 90 valence electrons. The molecule has 0 saturated heterocycles. The van der Waals surface area contributed by atoms with E-state index in [1.807, 2.05) is 0 Å². The van der Waals surface area contributed by atoms with Gasteiger partial charge in [0.15, 0.2) is 0 Å². The zero-order valence-corrected chi connectivity index (χ0v) is 10.9. The number of hydrogen-bond donors (Lipinski definition) is 1. The van der Waals surface area contributed by atoms with Gasteiger partial charge in [-0.2, -0.15) is 0 Å². The minimum absolute atomic E-state index is 0.683. The second kappa shape index (κ2) is 6.49. The summed E-state index contributed by atoms with van der Waals surface area (Å²) in [5.41, 5.74) is 0. The van der Waals surface area contributed by atoms with E-state index in [1.54, 1.807) is 0 Å². The predicted molar refractivity (Wildman–Crippen MR) is 67.2 cm³/mol. The number of hydrogen-bond acceptors (Lipinski definition) is 2. The van der Waals surface area contributed by atoms with Crippen molar-refractivity contribution < 1.29 is 0 Å². The molecule has 1 unspecified atom stereocenters. The van der Waals surface area contributed by atoms with E-state index >= 15 is 0 Å². The van der Waals surface area contributed by atoms with E-state index in [4.69, 9.17) is 0 Å². The quantitative estimate of drug-likeness (QED) is 0.652. The summed E-state index contributed by atoms with van der Waals surface area (Å²) in [5, 5.41) is 3.56. The van der Waals surface area contributed by atoms with Gasteiger partial charge in [-0.05, 0) is 45.7 Å². The fraction of sp³-hybridized carbons (Fsp3) is 1.00. The zero-order chi connectivity index (χ0) is 11.3. The fourth-order valence-corrected chi connectivity index (χ4v) is 2.00. The minimum Gasteiger partial charge on any atom is -0.315 e. The molecule has 15 heavy (non-hydrogen) atoms. The number of nitrogens with zero attached hydrogens (tertiary/aromatic N) is 1. The lowest BCUT2D eigenvalue weighted by Crippen LogP contribution is -2.46. The third-order valence-corrected chi connectivity index (χ3v) is 3.68. The van der Waals surface area contributed by atoms with Crippen molar-refractivity contribution in [3.63, 3.8) is 0 Å². The van der Waals surface area contributed by atoms with Crippen LogP contribution in [0.5, 0.6) is 0 Å². The molecule has 0 aliphatic heterocycles. The monoisotopic (exact) mass is 212 g/mol. The molecule has 0 aromatic carbocycles. The number of rotatable bonds is 7. The summed E-state index contributed by atoms with van der Waals surface area (Å²) >= 11 is 0. The molecule has 1 saturated carbocycles.